The maximum Gasteiger partial charge on any atom is 0.303 e. The van der Waals surface area contributed by atoms with Gasteiger partial charge in [0.05, 0.1) is 5.60 Å². The van der Waals surface area contributed by atoms with Crippen molar-refractivity contribution in [2.45, 2.75) is 90.6 Å². The number of aliphatic hydroxyl groups is 1. The van der Waals surface area contributed by atoms with Gasteiger partial charge in [0.15, 0.2) is 5.78 Å². The standard InChI is InChI=1S/C24H36O4/c1-4-15-13-17-18(22(2)9-5-16(25)14-20(15)22)6-10-23(3)19(17)7-11-24(23,28)12-8-21(26)27/h14-15,17-19,28H,4-13H2,1-3H3,(H,26,27)/t15-,17+,18-,19-,22+,23-,24+/m0/s1. The van der Waals surface area contributed by atoms with Crippen LogP contribution < -0.4 is 0 Å². The summed E-state index contributed by atoms with van der Waals surface area (Å²) >= 11 is 0. The number of carboxylic acids is 1. The Morgan fingerprint density at radius 2 is 1.89 bits per heavy atom. The highest BCUT2D eigenvalue weighted by Crippen LogP contribution is 2.69. The van der Waals surface area contributed by atoms with Crippen LogP contribution in [0.3, 0.4) is 0 Å². The van der Waals surface area contributed by atoms with Crippen LogP contribution in [0.1, 0.15) is 85.0 Å². The lowest BCUT2D eigenvalue weighted by atomic mass is 9.44. The summed E-state index contributed by atoms with van der Waals surface area (Å²) in [4.78, 5) is 23.3. The van der Waals surface area contributed by atoms with Crippen LogP contribution in [0.15, 0.2) is 11.6 Å². The predicted molar refractivity (Wildman–Crippen MR) is 108 cm³/mol. The number of fused-ring (bicyclic) bond motifs is 5. The van der Waals surface area contributed by atoms with Crippen molar-refractivity contribution in [1.29, 1.82) is 0 Å². The first kappa shape index (κ1) is 20.1. The molecule has 0 unspecified atom stereocenters. The highest BCUT2D eigenvalue weighted by molar-refractivity contribution is 5.91. The number of aliphatic carboxylic acids is 1. The number of hydrogen-bond donors (Lipinski definition) is 2. The minimum Gasteiger partial charge on any atom is -0.481 e. The first-order valence-corrected chi connectivity index (χ1v) is 11.3. The molecule has 4 heteroatoms. The lowest BCUT2D eigenvalue weighted by Gasteiger charge is -2.60. The molecule has 4 rings (SSSR count). The van der Waals surface area contributed by atoms with E-state index in [1.54, 1.807) is 0 Å². The summed E-state index contributed by atoms with van der Waals surface area (Å²) in [5.74, 6) is 1.61. The molecule has 4 nitrogen and oxygen atoms in total. The van der Waals surface area contributed by atoms with E-state index in [-0.39, 0.29) is 17.3 Å². The normalized spacial score (nSPS) is 47.7. The Balaban J connectivity index is 1.66. The fourth-order valence-electron chi connectivity index (χ4n) is 8.01. The molecule has 0 bridgehead atoms. The van der Waals surface area contributed by atoms with Crippen molar-refractivity contribution in [2.75, 3.05) is 0 Å². The topological polar surface area (TPSA) is 74.6 Å². The molecule has 0 heterocycles. The quantitative estimate of drug-likeness (QED) is 0.729. The van der Waals surface area contributed by atoms with Gasteiger partial charge >= 0.3 is 5.97 Å². The SMILES string of the molecule is CC[C@H]1C[C@@H]2[C@H](CC[C@@]3(C)[C@H]2CC[C@@]3(O)CCC(=O)O)[C@@]2(C)CCC(=O)C=C12. The first-order chi connectivity index (χ1) is 13.1. The molecule has 7 atom stereocenters. The van der Waals surface area contributed by atoms with Crippen LogP contribution >= 0.6 is 0 Å². The van der Waals surface area contributed by atoms with Crippen molar-refractivity contribution in [3.05, 3.63) is 11.6 Å². The molecule has 28 heavy (non-hydrogen) atoms. The van der Waals surface area contributed by atoms with Crippen molar-refractivity contribution in [1.82, 2.24) is 0 Å². The molecule has 4 aliphatic rings. The molecule has 0 aromatic carbocycles. The third-order valence-corrected chi connectivity index (χ3v) is 9.69. The van der Waals surface area contributed by atoms with Gasteiger partial charge in [0.1, 0.15) is 0 Å². The fraction of sp³-hybridized carbons (Fsp3) is 0.833. The van der Waals surface area contributed by atoms with Crippen LogP contribution in [-0.4, -0.2) is 27.6 Å². The fourth-order valence-corrected chi connectivity index (χ4v) is 8.01. The lowest BCUT2D eigenvalue weighted by molar-refractivity contribution is -0.148. The zero-order chi connectivity index (χ0) is 20.3. The van der Waals surface area contributed by atoms with E-state index in [2.05, 4.69) is 20.8 Å². The van der Waals surface area contributed by atoms with Gasteiger partial charge in [0.2, 0.25) is 0 Å². The van der Waals surface area contributed by atoms with E-state index in [9.17, 15) is 14.7 Å². The molecule has 2 N–H and O–H groups in total. The zero-order valence-electron chi connectivity index (χ0n) is 17.7. The van der Waals surface area contributed by atoms with Gasteiger partial charge in [-0.15, -0.1) is 0 Å². The second-order valence-corrected chi connectivity index (χ2v) is 10.6. The molecule has 4 aliphatic carbocycles. The third kappa shape index (κ3) is 2.74. The molecule has 0 radical (unpaired) electrons. The Hall–Kier alpha value is -1.16. The van der Waals surface area contributed by atoms with Crippen molar-refractivity contribution in [3.8, 4) is 0 Å². The number of ketones is 1. The van der Waals surface area contributed by atoms with E-state index in [0.29, 0.717) is 42.3 Å². The maximum atomic E-state index is 12.2. The highest BCUT2D eigenvalue weighted by atomic mass is 16.4. The van der Waals surface area contributed by atoms with Crippen LogP contribution in [0.2, 0.25) is 0 Å². The Morgan fingerprint density at radius 3 is 2.57 bits per heavy atom. The summed E-state index contributed by atoms with van der Waals surface area (Å²) in [6, 6.07) is 0. The van der Waals surface area contributed by atoms with Crippen LogP contribution in [0.5, 0.6) is 0 Å². The van der Waals surface area contributed by atoms with Gasteiger partial charge in [-0.05, 0) is 91.9 Å². The monoisotopic (exact) mass is 388 g/mol. The number of allylic oxidation sites excluding steroid dienone is 1. The molecule has 3 fully saturated rings. The maximum absolute atomic E-state index is 12.2. The molecule has 0 saturated heterocycles. The van der Waals surface area contributed by atoms with E-state index >= 15 is 0 Å². The van der Waals surface area contributed by atoms with Gasteiger partial charge < -0.3 is 10.2 Å². The smallest absolute Gasteiger partial charge is 0.303 e. The number of rotatable bonds is 4. The molecule has 0 aromatic rings. The number of carbonyl (C=O) groups excluding carboxylic acids is 1. The predicted octanol–water partition coefficient (Wildman–Crippen LogP) is 4.75. The molecule has 156 valence electrons. The van der Waals surface area contributed by atoms with E-state index in [4.69, 9.17) is 5.11 Å². The minimum atomic E-state index is -0.845. The Labute approximate surface area is 168 Å². The second kappa shape index (κ2) is 6.68. The Bertz CT molecular complexity index is 711. The summed E-state index contributed by atoms with van der Waals surface area (Å²) in [6.07, 6.45) is 10.1. The number of carboxylic acid groups (broad SMARTS) is 1. The zero-order valence-corrected chi connectivity index (χ0v) is 17.7. The van der Waals surface area contributed by atoms with E-state index < -0.39 is 11.6 Å². The van der Waals surface area contributed by atoms with Crippen molar-refractivity contribution in [3.63, 3.8) is 0 Å². The van der Waals surface area contributed by atoms with Gasteiger partial charge in [-0.2, -0.15) is 0 Å². The van der Waals surface area contributed by atoms with Crippen molar-refractivity contribution in [2.24, 2.45) is 34.5 Å². The van der Waals surface area contributed by atoms with Crippen LogP contribution in [-0.2, 0) is 9.59 Å². The summed E-state index contributed by atoms with van der Waals surface area (Å²) in [5, 5.41) is 20.7. The van der Waals surface area contributed by atoms with Crippen molar-refractivity contribution < 1.29 is 19.8 Å². The molecular formula is C24H36O4. The van der Waals surface area contributed by atoms with Gasteiger partial charge in [0.25, 0.3) is 0 Å². The molecule has 0 aliphatic heterocycles. The average Bonchev–Trinajstić information content (AvgIpc) is 2.92. The molecular weight excluding hydrogens is 352 g/mol. The van der Waals surface area contributed by atoms with Crippen molar-refractivity contribution >= 4 is 11.8 Å². The van der Waals surface area contributed by atoms with E-state index in [1.165, 1.54) is 5.57 Å². The summed E-state index contributed by atoms with van der Waals surface area (Å²) in [6.45, 7) is 6.88. The molecule has 0 amide bonds. The third-order valence-electron chi connectivity index (χ3n) is 9.69. The van der Waals surface area contributed by atoms with Gasteiger partial charge in [0, 0.05) is 12.8 Å². The van der Waals surface area contributed by atoms with Gasteiger partial charge in [-0.1, -0.05) is 26.3 Å². The molecule has 3 saturated carbocycles. The summed E-state index contributed by atoms with van der Waals surface area (Å²) in [7, 11) is 0. The average molecular weight is 389 g/mol. The molecule has 0 spiro atoms. The minimum absolute atomic E-state index is 0.0528. The van der Waals surface area contributed by atoms with Crippen LogP contribution in [0, 0.1) is 34.5 Å². The second-order valence-electron chi connectivity index (χ2n) is 10.6. The van der Waals surface area contributed by atoms with Gasteiger partial charge in [-0.3, -0.25) is 9.59 Å². The number of carbonyl (C=O) groups is 2. The van der Waals surface area contributed by atoms with E-state index in [0.717, 1.165) is 44.9 Å². The Kier molecular flexibility index (Phi) is 4.80. The summed E-state index contributed by atoms with van der Waals surface area (Å²) < 4.78 is 0. The van der Waals surface area contributed by atoms with Crippen LogP contribution in [0.4, 0.5) is 0 Å². The first-order valence-electron chi connectivity index (χ1n) is 11.3. The van der Waals surface area contributed by atoms with Crippen LogP contribution in [0.25, 0.3) is 0 Å². The highest BCUT2D eigenvalue weighted by Gasteiger charge is 2.64. The molecule has 0 aromatic heterocycles. The lowest BCUT2D eigenvalue weighted by Crippen LogP contribution is -2.56. The van der Waals surface area contributed by atoms with E-state index in [1.807, 2.05) is 6.08 Å². The largest absolute Gasteiger partial charge is 0.481 e. The van der Waals surface area contributed by atoms with Gasteiger partial charge in [-0.25, -0.2) is 0 Å². The summed E-state index contributed by atoms with van der Waals surface area (Å²) in [5.41, 5.74) is 0.516. The Morgan fingerprint density at radius 1 is 1.18 bits per heavy atom. The number of hydrogen-bond acceptors (Lipinski definition) is 3.